The number of nitrogens with two attached hydrogens (primary N) is 1. The van der Waals surface area contributed by atoms with Gasteiger partial charge < -0.3 is 25.2 Å². The van der Waals surface area contributed by atoms with Crippen LogP contribution in [-0.4, -0.2) is 59.9 Å². The van der Waals surface area contributed by atoms with Gasteiger partial charge in [0.05, 0.1) is 13.2 Å². The molecule has 12 heteroatoms. The van der Waals surface area contributed by atoms with Crippen LogP contribution in [0.25, 0.3) is 0 Å². The Bertz CT molecular complexity index is 1050. The van der Waals surface area contributed by atoms with Gasteiger partial charge in [0.25, 0.3) is 0 Å². The van der Waals surface area contributed by atoms with Crippen molar-refractivity contribution in [3.63, 3.8) is 0 Å². The second-order valence-electron chi connectivity index (χ2n) is 17.7. The van der Waals surface area contributed by atoms with Crippen LogP contribution in [0.5, 0.6) is 0 Å². The molecule has 0 radical (unpaired) electrons. The Morgan fingerprint density at radius 3 is 1.03 bits per heavy atom. The molecule has 0 aliphatic heterocycles. The quantitative estimate of drug-likeness (QED) is 0.0301. The predicted octanol–water partition coefficient (Wildman–Crippen LogP) is 14.2. The largest absolute Gasteiger partial charge is 0.480 e. The van der Waals surface area contributed by atoms with Crippen molar-refractivity contribution < 1.29 is 47.5 Å². The van der Waals surface area contributed by atoms with Crippen LogP contribution in [0, 0.1) is 0 Å². The maximum absolute atomic E-state index is 12.7. The van der Waals surface area contributed by atoms with Gasteiger partial charge in [-0.1, -0.05) is 239 Å². The number of aliphatic carboxylic acids is 1. The number of phosphoric ester groups is 1. The number of hydrogen-bond donors (Lipinski definition) is 3. The minimum absolute atomic E-state index is 0.170. The van der Waals surface area contributed by atoms with E-state index in [-0.39, 0.29) is 19.4 Å². The Kier molecular flexibility index (Phi) is 43.9. The van der Waals surface area contributed by atoms with Crippen LogP contribution in [0.4, 0.5) is 0 Å². The third kappa shape index (κ3) is 44.9. The molecule has 3 atom stereocenters. The molecule has 0 rings (SSSR count). The Morgan fingerprint density at radius 1 is 0.443 bits per heavy atom. The summed E-state index contributed by atoms with van der Waals surface area (Å²) >= 11 is 0. The fourth-order valence-electron chi connectivity index (χ4n) is 7.60. The smallest absolute Gasteiger partial charge is 0.472 e. The van der Waals surface area contributed by atoms with Gasteiger partial charge in [0.1, 0.15) is 12.6 Å². The van der Waals surface area contributed by atoms with Crippen molar-refractivity contribution in [3.05, 3.63) is 0 Å². The van der Waals surface area contributed by atoms with Crippen LogP contribution in [0.2, 0.25) is 0 Å². The molecule has 0 saturated heterocycles. The Morgan fingerprint density at radius 2 is 0.721 bits per heavy atom. The fourth-order valence-corrected chi connectivity index (χ4v) is 8.38. The summed E-state index contributed by atoms with van der Waals surface area (Å²) in [7, 11) is -4.71. The lowest BCUT2D eigenvalue weighted by Crippen LogP contribution is -2.34. The highest BCUT2D eigenvalue weighted by atomic mass is 31.2. The second-order valence-corrected chi connectivity index (χ2v) is 19.1. The lowest BCUT2D eigenvalue weighted by atomic mass is 10.0. The van der Waals surface area contributed by atoms with Gasteiger partial charge >= 0.3 is 25.7 Å². The van der Waals surface area contributed by atoms with E-state index < -0.39 is 51.1 Å². The van der Waals surface area contributed by atoms with Gasteiger partial charge in [-0.3, -0.25) is 23.4 Å². The second kappa shape index (κ2) is 45.1. The SMILES string of the molecule is CCCCCCCCCCCCCCCCCCCCCCCCC(=O)O[C@@H](COC(=O)CCCCCCCCCCCCCCCCC)COP(=O)(O)OC[C@H](N)C(=O)O. The van der Waals surface area contributed by atoms with E-state index in [0.717, 1.165) is 38.5 Å². The summed E-state index contributed by atoms with van der Waals surface area (Å²) in [5, 5.41) is 8.91. The van der Waals surface area contributed by atoms with Crippen LogP contribution < -0.4 is 5.73 Å². The van der Waals surface area contributed by atoms with E-state index in [0.29, 0.717) is 12.8 Å². The third-order valence-corrected chi connectivity index (χ3v) is 12.6. The van der Waals surface area contributed by atoms with Crippen molar-refractivity contribution in [2.24, 2.45) is 5.73 Å². The van der Waals surface area contributed by atoms with E-state index in [2.05, 4.69) is 18.4 Å². The average molecular weight is 890 g/mol. The van der Waals surface area contributed by atoms with Crippen molar-refractivity contribution in [1.29, 1.82) is 0 Å². The highest BCUT2D eigenvalue weighted by molar-refractivity contribution is 7.47. The number of hydrogen-bond acceptors (Lipinski definition) is 9. The molecule has 0 saturated carbocycles. The number of ether oxygens (including phenoxy) is 2. The number of carboxylic acids is 1. The molecule has 1 unspecified atom stereocenters. The fraction of sp³-hybridized carbons (Fsp3) is 0.939. The van der Waals surface area contributed by atoms with Crippen LogP contribution >= 0.6 is 7.82 Å². The first kappa shape index (κ1) is 59.5. The van der Waals surface area contributed by atoms with Gasteiger partial charge in [-0.05, 0) is 12.8 Å². The minimum Gasteiger partial charge on any atom is -0.480 e. The van der Waals surface area contributed by atoms with Crippen molar-refractivity contribution >= 4 is 25.7 Å². The van der Waals surface area contributed by atoms with Gasteiger partial charge in [0.2, 0.25) is 0 Å². The summed E-state index contributed by atoms with van der Waals surface area (Å²) in [6.07, 6.45) is 45.9. The van der Waals surface area contributed by atoms with Gasteiger partial charge in [0.15, 0.2) is 6.10 Å². The van der Waals surface area contributed by atoms with E-state index in [9.17, 15) is 23.8 Å². The standard InChI is InChI=1S/C49H96NO10P/c1-3-5-7-9-11-13-15-17-19-20-21-22-23-24-25-27-29-31-33-35-37-39-41-48(52)60-45(43-58-61(55,56)59-44-46(50)49(53)54)42-57-47(51)40-38-36-34-32-30-28-26-18-16-14-12-10-8-6-4-2/h45-46H,3-44,50H2,1-2H3,(H,53,54)(H,55,56)/t45-,46-/m0/s1. The van der Waals surface area contributed by atoms with Crippen LogP contribution in [-0.2, 0) is 37.5 Å². The third-order valence-electron chi connectivity index (χ3n) is 11.6. The zero-order valence-corrected chi connectivity index (χ0v) is 40.4. The van der Waals surface area contributed by atoms with E-state index >= 15 is 0 Å². The number of phosphoric acid groups is 1. The average Bonchev–Trinajstić information content (AvgIpc) is 3.24. The van der Waals surface area contributed by atoms with E-state index in [1.807, 2.05) is 0 Å². The minimum atomic E-state index is -4.71. The Balaban J connectivity index is 4.17. The molecule has 0 bridgehead atoms. The van der Waals surface area contributed by atoms with E-state index in [1.165, 1.54) is 186 Å². The maximum atomic E-state index is 12.7. The lowest BCUT2D eigenvalue weighted by molar-refractivity contribution is -0.161. The van der Waals surface area contributed by atoms with Crippen LogP contribution in [0.15, 0.2) is 0 Å². The topological polar surface area (TPSA) is 172 Å². The van der Waals surface area contributed by atoms with Crippen LogP contribution in [0.1, 0.15) is 264 Å². The van der Waals surface area contributed by atoms with Crippen molar-refractivity contribution in [2.45, 2.75) is 276 Å². The lowest BCUT2D eigenvalue weighted by Gasteiger charge is -2.20. The van der Waals surface area contributed by atoms with Crippen LogP contribution in [0.3, 0.4) is 0 Å². The molecule has 0 aromatic rings. The van der Waals surface area contributed by atoms with Gasteiger partial charge in [0, 0.05) is 12.8 Å². The highest BCUT2D eigenvalue weighted by Crippen LogP contribution is 2.43. The van der Waals surface area contributed by atoms with Gasteiger partial charge in [-0.2, -0.15) is 0 Å². The predicted molar refractivity (Wildman–Crippen MR) is 250 cm³/mol. The van der Waals surface area contributed by atoms with E-state index in [1.54, 1.807) is 0 Å². The van der Waals surface area contributed by atoms with Crippen molar-refractivity contribution in [2.75, 3.05) is 19.8 Å². The molecule has 0 aromatic carbocycles. The Labute approximate surface area is 374 Å². The zero-order valence-electron chi connectivity index (χ0n) is 39.5. The molecule has 0 spiro atoms. The molecule has 0 heterocycles. The number of carboxylic acid groups (broad SMARTS) is 1. The highest BCUT2D eigenvalue weighted by Gasteiger charge is 2.28. The van der Waals surface area contributed by atoms with E-state index in [4.69, 9.17) is 24.8 Å². The van der Waals surface area contributed by atoms with Crippen molar-refractivity contribution in [1.82, 2.24) is 0 Å². The summed E-state index contributed by atoms with van der Waals surface area (Å²) in [6, 6.07) is -1.52. The molecule has 0 aromatic heterocycles. The summed E-state index contributed by atoms with van der Waals surface area (Å²) in [5.74, 6) is -2.35. The first-order chi connectivity index (χ1) is 29.6. The number of unbranched alkanes of at least 4 members (excludes halogenated alkanes) is 35. The Hall–Kier alpha value is -1.52. The summed E-state index contributed by atoms with van der Waals surface area (Å²) in [6.45, 7) is 2.87. The first-order valence-electron chi connectivity index (χ1n) is 25.6. The summed E-state index contributed by atoms with van der Waals surface area (Å²) in [5.41, 5.74) is 5.35. The number of carbonyl (C=O) groups is 3. The zero-order chi connectivity index (χ0) is 44.9. The summed E-state index contributed by atoms with van der Waals surface area (Å²) in [4.78, 5) is 46.1. The molecule has 61 heavy (non-hydrogen) atoms. The first-order valence-corrected chi connectivity index (χ1v) is 27.1. The van der Waals surface area contributed by atoms with Gasteiger partial charge in [-0.15, -0.1) is 0 Å². The number of rotatable bonds is 49. The molecule has 4 N–H and O–H groups in total. The number of carbonyl (C=O) groups excluding carboxylic acids is 2. The molecule has 0 fully saturated rings. The van der Waals surface area contributed by atoms with Crippen molar-refractivity contribution in [3.8, 4) is 0 Å². The molecular formula is C49H96NO10P. The number of esters is 2. The molecule has 0 amide bonds. The normalized spacial score (nSPS) is 13.5. The molecular weight excluding hydrogens is 794 g/mol. The van der Waals surface area contributed by atoms with Gasteiger partial charge in [-0.25, -0.2) is 4.57 Å². The molecule has 362 valence electrons. The molecule has 0 aliphatic rings. The summed E-state index contributed by atoms with van der Waals surface area (Å²) < 4.78 is 32.8. The molecule has 11 nitrogen and oxygen atoms in total. The monoisotopic (exact) mass is 890 g/mol. The maximum Gasteiger partial charge on any atom is 0.472 e. The molecule has 0 aliphatic carbocycles.